The Labute approximate surface area is 107 Å². The Bertz CT molecular complexity index is 749. The highest BCUT2D eigenvalue weighted by Crippen LogP contribution is 2.42. The maximum atomic E-state index is 9.78. The summed E-state index contributed by atoms with van der Waals surface area (Å²) >= 11 is 12.1. The molecule has 17 heavy (non-hydrogen) atoms. The SMILES string of the molecule is Cn1c2cnccc2c2c(Cl)c(O)c(Cl)cc21. The van der Waals surface area contributed by atoms with Gasteiger partial charge in [0.25, 0.3) is 0 Å². The third kappa shape index (κ3) is 1.33. The third-order valence-corrected chi connectivity index (χ3v) is 3.62. The van der Waals surface area contributed by atoms with Crippen LogP contribution in [0.1, 0.15) is 0 Å². The van der Waals surface area contributed by atoms with Gasteiger partial charge in [0.15, 0.2) is 5.75 Å². The number of nitrogens with zero attached hydrogens (tertiary/aromatic N) is 2. The van der Waals surface area contributed by atoms with E-state index in [1.54, 1.807) is 18.5 Å². The fourth-order valence-corrected chi connectivity index (χ4v) is 2.66. The Balaban J connectivity index is 2.68. The molecule has 1 N–H and O–H groups in total. The molecule has 0 aliphatic heterocycles. The average molecular weight is 267 g/mol. The van der Waals surface area contributed by atoms with Crippen molar-refractivity contribution in [3.8, 4) is 5.75 Å². The lowest BCUT2D eigenvalue weighted by atomic mass is 10.2. The summed E-state index contributed by atoms with van der Waals surface area (Å²) in [5, 5.41) is 12.1. The molecular formula is C12H8Cl2N2O. The maximum absolute atomic E-state index is 9.78. The molecular weight excluding hydrogens is 259 g/mol. The van der Waals surface area contributed by atoms with Crippen LogP contribution in [-0.4, -0.2) is 14.7 Å². The number of hydrogen-bond acceptors (Lipinski definition) is 2. The molecule has 0 fully saturated rings. The first-order valence-electron chi connectivity index (χ1n) is 5.00. The van der Waals surface area contributed by atoms with Gasteiger partial charge >= 0.3 is 0 Å². The molecule has 3 aromatic rings. The Morgan fingerprint density at radius 3 is 2.82 bits per heavy atom. The van der Waals surface area contributed by atoms with E-state index >= 15 is 0 Å². The van der Waals surface area contributed by atoms with E-state index in [-0.39, 0.29) is 15.8 Å². The van der Waals surface area contributed by atoms with Gasteiger partial charge in [0.2, 0.25) is 0 Å². The number of rotatable bonds is 0. The van der Waals surface area contributed by atoms with Gasteiger partial charge in [-0.3, -0.25) is 4.98 Å². The minimum atomic E-state index is -0.0786. The summed E-state index contributed by atoms with van der Waals surface area (Å²) in [5.74, 6) is -0.0786. The lowest BCUT2D eigenvalue weighted by Crippen LogP contribution is -1.87. The fourth-order valence-electron chi connectivity index (χ4n) is 2.11. The second kappa shape index (κ2) is 3.52. The average Bonchev–Trinajstić information content (AvgIpc) is 2.61. The molecule has 0 bridgehead atoms. The van der Waals surface area contributed by atoms with Gasteiger partial charge in [0.1, 0.15) is 0 Å². The van der Waals surface area contributed by atoms with Crippen LogP contribution >= 0.6 is 23.2 Å². The van der Waals surface area contributed by atoms with Crippen LogP contribution in [0.2, 0.25) is 10.0 Å². The number of aromatic hydroxyl groups is 1. The number of aromatic nitrogens is 2. The molecule has 3 rings (SSSR count). The van der Waals surface area contributed by atoms with E-state index < -0.39 is 0 Å². The summed E-state index contributed by atoms with van der Waals surface area (Å²) < 4.78 is 1.95. The van der Waals surface area contributed by atoms with Crippen LogP contribution in [0.3, 0.4) is 0 Å². The summed E-state index contributed by atoms with van der Waals surface area (Å²) in [4.78, 5) is 4.08. The smallest absolute Gasteiger partial charge is 0.153 e. The number of phenolic OH excluding ortho intramolecular Hbond substituents is 1. The number of phenols is 1. The Morgan fingerprint density at radius 1 is 1.29 bits per heavy atom. The van der Waals surface area contributed by atoms with Crippen LogP contribution in [0.15, 0.2) is 24.5 Å². The zero-order valence-corrected chi connectivity index (χ0v) is 10.4. The van der Waals surface area contributed by atoms with E-state index in [0.29, 0.717) is 0 Å². The highest BCUT2D eigenvalue weighted by Gasteiger charge is 2.16. The van der Waals surface area contributed by atoms with Gasteiger partial charge in [-0.25, -0.2) is 0 Å². The van der Waals surface area contributed by atoms with Crippen molar-refractivity contribution in [1.82, 2.24) is 9.55 Å². The third-order valence-electron chi connectivity index (χ3n) is 2.97. The zero-order chi connectivity index (χ0) is 12.2. The second-order valence-corrected chi connectivity index (χ2v) is 4.65. The van der Waals surface area contributed by atoms with Crippen LogP contribution in [0.4, 0.5) is 0 Å². The summed E-state index contributed by atoms with van der Waals surface area (Å²) in [5.41, 5.74) is 1.83. The predicted molar refractivity (Wildman–Crippen MR) is 69.9 cm³/mol. The topological polar surface area (TPSA) is 38.0 Å². The number of halogens is 2. The van der Waals surface area contributed by atoms with E-state index in [1.807, 2.05) is 17.7 Å². The van der Waals surface area contributed by atoms with Crippen molar-refractivity contribution < 1.29 is 5.11 Å². The van der Waals surface area contributed by atoms with Gasteiger partial charge in [-0.2, -0.15) is 0 Å². The lowest BCUT2D eigenvalue weighted by Gasteiger charge is -2.03. The van der Waals surface area contributed by atoms with Gasteiger partial charge < -0.3 is 9.67 Å². The number of pyridine rings is 1. The van der Waals surface area contributed by atoms with Gasteiger partial charge in [-0.1, -0.05) is 23.2 Å². The number of fused-ring (bicyclic) bond motifs is 3. The molecule has 1 aromatic carbocycles. The van der Waals surface area contributed by atoms with Crippen LogP contribution in [0.25, 0.3) is 21.8 Å². The molecule has 86 valence electrons. The lowest BCUT2D eigenvalue weighted by molar-refractivity contribution is 0.476. The van der Waals surface area contributed by atoms with E-state index in [2.05, 4.69) is 4.98 Å². The highest BCUT2D eigenvalue weighted by atomic mass is 35.5. The Hall–Kier alpha value is -1.45. The van der Waals surface area contributed by atoms with Crippen molar-refractivity contribution in [2.45, 2.75) is 0 Å². The predicted octanol–water partition coefficient (Wildman–Crippen LogP) is 3.74. The summed E-state index contributed by atoms with van der Waals surface area (Å²) in [6.45, 7) is 0. The molecule has 5 heteroatoms. The van der Waals surface area contributed by atoms with Crippen molar-refractivity contribution in [2.24, 2.45) is 7.05 Å². The minimum absolute atomic E-state index is 0.0786. The monoisotopic (exact) mass is 266 g/mol. The van der Waals surface area contributed by atoms with Crippen molar-refractivity contribution >= 4 is 45.0 Å². The molecule has 3 nitrogen and oxygen atoms in total. The molecule has 0 amide bonds. The van der Waals surface area contributed by atoms with Crippen molar-refractivity contribution in [3.63, 3.8) is 0 Å². The number of benzene rings is 1. The standard InChI is InChI=1S/C12H8Cl2N2O/c1-16-8-4-7(13)12(17)11(14)10(8)6-2-3-15-5-9(6)16/h2-5,17H,1H3. The highest BCUT2D eigenvalue weighted by molar-refractivity contribution is 6.42. The normalized spacial score (nSPS) is 11.5. The first-order chi connectivity index (χ1) is 8.11. The molecule has 0 aliphatic rings. The van der Waals surface area contributed by atoms with Crippen molar-refractivity contribution in [1.29, 1.82) is 0 Å². The van der Waals surface area contributed by atoms with Gasteiger partial charge in [-0.05, 0) is 12.1 Å². The molecule has 0 atom stereocenters. The Morgan fingerprint density at radius 2 is 2.06 bits per heavy atom. The van der Waals surface area contributed by atoms with Crippen LogP contribution in [0, 0.1) is 0 Å². The summed E-state index contributed by atoms with van der Waals surface area (Å²) in [6.07, 6.45) is 3.46. The maximum Gasteiger partial charge on any atom is 0.153 e. The molecule has 0 aliphatic carbocycles. The summed E-state index contributed by atoms with van der Waals surface area (Å²) in [7, 11) is 1.91. The fraction of sp³-hybridized carbons (Fsp3) is 0.0833. The molecule has 0 radical (unpaired) electrons. The minimum Gasteiger partial charge on any atom is -0.505 e. The van der Waals surface area contributed by atoms with Crippen molar-refractivity contribution in [2.75, 3.05) is 0 Å². The van der Waals surface area contributed by atoms with E-state index in [1.165, 1.54) is 0 Å². The first kappa shape index (κ1) is 10.7. The molecule has 2 aromatic heterocycles. The second-order valence-electron chi connectivity index (χ2n) is 3.87. The van der Waals surface area contributed by atoms with Crippen LogP contribution in [0.5, 0.6) is 5.75 Å². The first-order valence-corrected chi connectivity index (χ1v) is 5.76. The largest absolute Gasteiger partial charge is 0.505 e. The number of aryl methyl sites for hydroxylation is 1. The van der Waals surface area contributed by atoms with Gasteiger partial charge in [0.05, 0.1) is 27.3 Å². The summed E-state index contributed by atoms with van der Waals surface area (Å²) in [6, 6.07) is 3.58. The molecule has 0 saturated heterocycles. The van der Waals surface area contributed by atoms with Gasteiger partial charge in [0, 0.05) is 24.0 Å². The molecule has 0 saturated carbocycles. The van der Waals surface area contributed by atoms with Crippen LogP contribution in [-0.2, 0) is 7.05 Å². The van der Waals surface area contributed by atoms with E-state index in [4.69, 9.17) is 23.2 Å². The molecule has 0 unspecified atom stereocenters. The zero-order valence-electron chi connectivity index (χ0n) is 8.91. The Kier molecular flexibility index (Phi) is 2.21. The van der Waals surface area contributed by atoms with E-state index in [0.717, 1.165) is 21.8 Å². The van der Waals surface area contributed by atoms with Crippen molar-refractivity contribution in [3.05, 3.63) is 34.6 Å². The quantitative estimate of drug-likeness (QED) is 0.673. The van der Waals surface area contributed by atoms with E-state index in [9.17, 15) is 5.11 Å². The molecule has 2 heterocycles. The molecule has 0 spiro atoms. The van der Waals surface area contributed by atoms with Crippen LogP contribution < -0.4 is 0 Å². The van der Waals surface area contributed by atoms with Gasteiger partial charge in [-0.15, -0.1) is 0 Å². The number of hydrogen-bond donors (Lipinski definition) is 1.